The zero-order valence-electron chi connectivity index (χ0n) is 11.3. The van der Waals surface area contributed by atoms with E-state index in [4.69, 9.17) is 9.84 Å². The molecule has 0 spiro atoms. The van der Waals surface area contributed by atoms with Gasteiger partial charge >= 0.3 is 5.97 Å². The van der Waals surface area contributed by atoms with Crippen LogP contribution in [0.25, 0.3) is 0 Å². The fraction of sp³-hybridized carbons (Fsp3) is 0.571. The van der Waals surface area contributed by atoms with Crippen LogP contribution in [0.2, 0.25) is 0 Å². The summed E-state index contributed by atoms with van der Waals surface area (Å²) < 4.78 is 5.52. The molecule has 0 saturated carbocycles. The topological polar surface area (TPSA) is 59.4 Å². The molecule has 0 fully saturated rings. The smallest absolute Gasteiger partial charge is 0.335 e. The third-order valence-corrected chi connectivity index (χ3v) is 2.64. The number of hydrogen-bond acceptors (Lipinski definition) is 3. The number of pyridine rings is 1. The molecule has 0 atom stereocenters. The number of carboxylic acids is 1. The van der Waals surface area contributed by atoms with E-state index in [2.05, 4.69) is 18.8 Å². The first kappa shape index (κ1) is 14.5. The van der Waals surface area contributed by atoms with Crippen molar-refractivity contribution in [2.75, 3.05) is 6.61 Å². The fourth-order valence-electron chi connectivity index (χ4n) is 1.61. The van der Waals surface area contributed by atoms with Gasteiger partial charge in [-0.15, -0.1) is 0 Å². The van der Waals surface area contributed by atoms with Crippen LogP contribution in [0.15, 0.2) is 12.1 Å². The molecule has 0 aliphatic heterocycles. The lowest BCUT2D eigenvalue weighted by atomic mass is 10.1. The Labute approximate surface area is 108 Å². The minimum absolute atomic E-state index is 0.237. The van der Waals surface area contributed by atoms with Crippen LogP contribution in [0, 0.1) is 5.92 Å². The van der Waals surface area contributed by atoms with Gasteiger partial charge in [-0.3, -0.25) is 0 Å². The lowest BCUT2D eigenvalue weighted by Crippen LogP contribution is -2.05. The first-order valence-corrected chi connectivity index (χ1v) is 6.40. The van der Waals surface area contributed by atoms with Gasteiger partial charge in [-0.25, -0.2) is 9.78 Å². The van der Waals surface area contributed by atoms with Crippen molar-refractivity contribution in [1.29, 1.82) is 0 Å². The summed E-state index contributed by atoms with van der Waals surface area (Å²) in [6, 6.07) is 3.07. The van der Waals surface area contributed by atoms with Crippen molar-refractivity contribution in [3.63, 3.8) is 0 Å². The Hall–Kier alpha value is -1.58. The Balaban J connectivity index is 2.64. The molecular weight excluding hydrogens is 230 g/mol. The highest BCUT2D eigenvalue weighted by molar-refractivity contribution is 5.88. The number of nitrogens with zero attached hydrogens (tertiary/aromatic N) is 1. The molecule has 0 amide bonds. The summed E-state index contributed by atoms with van der Waals surface area (Å²) in [7, 11) is 0. The van der Waals surface area contributed by atoms with Gasteiger partial charge < -0.3 is 9.84 Å². The van der Waals surface area contributed by atoms with Crippen LogP contribution >= 0.6 is 0 Å². The zero-order valence-corrected chi connectivity index (χ0v) is 11.3. The number of rotatable bonds is 7. The van der Waals surface area contributed by atoms with E-state index in [9.17, 15) is 4.79 Å². The van der Waals surface area contributed by atoms with E-state index in [-0.39, 0.29) is 5.56 Å². The molecule has 1 heterocycles. The molecule has 0 radical (unpaired) electrons. The summed E-state index contributed by atoms with van der Waals surface area (Å²) in [5.41, 5.74) is 0.981. The summed E-state index contributed by atoms with van der Waals surface area (Å²) in [6.45, 7) is 6.85. The predicted molar refractivity (Wildman–Crippen MR) is 70.1 cm³/mol. The predicted octanol–water partition coefficient (Wildman–Crippen LogP) is 3.16. The first-order chi connectivity index (χ1) is 8.52. The molecule has 0 aliphatic rings. The third kappa shape index (κ3) is 4.73. The van der Waals surface area contributed by atoms with Crippen LogP contribution in [0.3, 0.4) is 0 Å². The molecule has 0 saturated heterocycles. The van der Waals surface area contributed by atoms with E-state index in [1.807, 2.05) is 6.92 Å². The van der Waals surface area contributed by atoms with Crippen LogP contribution < -0.4 is 4.74 Å². The van der Waals surface area contributed by atoms with Crippen LogP contribution in [0.4, 0.5) is 0 Å². The number of aromatic carboxylic acids is 1. The Morgan fingerprint density at radius 2 is 2.17 bits per heavy atom. The number of aryl methyl sites for hydroxylation is 1. The summed E-state index contributed by atoms with van der Waals surface area (Å²) >= 11 is 0. The first-order valence-electron chi connectivity index (χ1n) is 6.40. The van der Waals surface area contributed by atoms with Gasteiger partial charge in [0.2, 0.25) is 5.88 Å². The second-order valence-electron chi connectivity index (χ2n) is 4.73. The molecule has 1 N–H and O–H groups in total. The molecule has 18 heavy (non-hydrogen) atoms. The molecule has 4 nitrogen and oxygen atoms in total. The van der Waals surface area contributed by atoms with Gasteiger partial charge in [-0.05, 0) is 31.2 Å². The Bertz CT molecular complexity index is 402. The summed E-state index contributed by atoms with van der Waals surface area (Å²) in [6.07, 6.45) is 2.75. The number of hydrogen-bond donors (Lipinski definition) is 1. The number of carbonyl (C=O) groups is 1. The Morgan fingerprint density at radius 1 is 1.44 bits per heavy atom. The van der Waals surface area contributed by atoms with Gasteiger partial charge in [0.15, 0.2) is 0 Å². The van der Waals surface area contributed by atoms with Crippen molar-refractivity contribution in [3.8, 4) is 5.88 Å². The summed E-state index contributed by atoms with van der Waals surface area (Å²) in [4.78, 5) is 15.2. The van der Waals surface area contributed by atoms with Gasteiger partial charge in [-0.1, -0.05) is 20.8 Å². The van der Waals surface area contributed by atoms with E-state index in [1.165, 1.54) is 6.07 Å². The van der Waals surface area contributed by atoms with Crippen molar-refractivity contribution in [2.45, 2.75) is 40.0 Å². The van der Waals surface area contributed by atoms with E-state index >= 15 is 0 Å². The Morgan fingerprint density at radius 3 is 2.72 bits per heavy atom. The highest BCUT2D eigenvalue weighted by atomic mass is 16.5. The second kappa shape index (κ2) is 6.99. The molecule has 0 aliphatic carbocycles. The normalized spacial score (nSPS) is 10.7. The standard InChI is InChI=1S/C14H21NO3/c1-4-12-8-11(14(16)17)9-13(15-12)18-7-5-6-10(2)3/h8-10H,4-7H2,1-3H3,(H,16,17). The maximum absolute atomic E-state index is 11.0. The molecule has 0 bridgehead atoms. The van der Waals surface area contributed by atoms with Gasteiger partial charge in [-0.2, -0.15) is 0 Å². The average Bonchev–Trinajstić information content (AvgIpc) is 2.34. The number of ether oxygens (including phenoxy) is 1. The van der Waals surface area contributed by atoms with E-state index in [0.29, 0.717) is 24.8 Å². The highest BCUT2D eigenvalue weighted by Gasteiger charge is 2.08. The van der Waals surface area contributed by atoms with Gasteiger partial charge in [0.25, 0.3) is 0 Å². The van der Waals surface area contributed by atoms with Crippen LogP contribution in [0.5, 0.6) is 5.88 Å². The maximum atomic E-state index is 11.0. The van der Waals surface area contributed by atoms with Crippen molar-refractivity contribution >= 4 is 5.97 Å². The van der Waals surface area contributed by atoms with Gasteiger partial charge in [0.1, 0.15) is 0 Å². The SMILES string of the molecule is CCc1cc(C(=O)O)cc(OCCCC(C)C)n1. The number of carboxylic acid groups (broad SMARTS) is 1. The molecule has 100 valence electrons. The van der Waals surface area contributed by atoms with Gasteiger partial charge in [0.05, 0.1) is 12.2 Å². The largest absolute Gasteiger partial charge is 0.478 e. The fourth-order valence-corrected chi connectivity index (χ4v) is 1.61. The van der Waals surface area contributed by atoms with Crippen molar-refractivity contribution < 1.29 is 14.6 Å². The number of aromatic nitrogens is 1. The van der Waals surface area contributed by atoms with Gasteiger partial charge in [0, 0.05) is 11.8 Å². The van der Waals surface area contributed by atoms with Crippen molar-refractivity contribution in [3.05, 3.63) is 23.4 Å². The third-order valence-electron chi connectivity index (χ3n) is 2.64. The minimum atomic E-state index is -0.945. The molecule has 0 unspecified atom stereocenters. The lowest BCUT2D eigenvalue weighted by molar-refractivity contribution is 0.0696. The minimum Gasteiger partial charge on any atom is -0.478 e. The summed E-state index contributed by atoms with van der Waals surface area (Å²) in [5.74, 6) is 0.118. The summed E-state index contributed by atoms with van der Waals surface area (Å²) in [5, 5.41) is 8.99. The molecule has 4 heteroatoms. The van der Waals surface area contributed by atoms with Crippen LogP contribution in [-0.4, -0.2) is 22.7 Å². The highest BCUT2D eigenvalue weighted by Crippen LogP contribution is 2.14. The average molecular weight is 251 g/mol. The molecule has 1 aromatic rings. The zero-order chi connectivity index (χ0) is 13.5. The molecule has 1 aromatic heterocycles. The molecule has 1 rings (SSSR count). The van der Waals surface area contributed by atoms with Crippen LogP contribution in [-0.2, 0) is 6.42 Å². The quantitative estimate of drug-likeness (QED) is 0.756. The van der Waals surface area contributed by atoms with E-state index in [1.54, 1.807) is 6.07 Å². The second-order valence-corrected chi connectivity index (χ2v) is 4.73. The Kier molecular flexibility index (Phi) is 5.62. The van der Waals surface area contributed by atoms with E-state index < -0.39 is 5.97 Å². The van der Waals surface area contributed by atoms with Crippen molar-refractivity contribution in [1.82, 2.24) is 4.98 Å². The monoisotopic (exact) mass is 251 g/mol. The van der Waals surface area contributed by atoms with E-state index in [0.717, 1.165) is 18.5 Å². The van der Waals surface area contributed by atoms with Crippen LogP contribution in [0.1, 0.15) is 49.7 Å². The van der Waals surface area contributed by atoms with Crippen molar-refractivity contribution in [2.24, 2.45) is 5.92 Å². The lowest BCUT2D eigenvalue weighted by Gasteiger charge is -2.09. The molecule has 0 aromatic carbocycles. The molecular formula is C14H21NO3. The maximum Gasteiger partial charge on any atom is 0.335 e.